The van der Waals surface area contributed by atoms with Crippen LogP contribution in [0.25, 0.3) is 10.8 Å². The standard InChI is InChI=1S/C43H64O2/c1-4-6-8-10-11-12-13-14-15-16-17-18-19-21-33-45-42-32-31-40-34-38(27-30-41(40)35-42)24-23-37-25-28-39(29-26-37)43(44)36(3)22-20-9-7-5-2/h25-32,34-36H,4-24,33H2,1-3H3/t36-/m1/s1. The number of fused-ring (bicyclic) bond motifs is 1. The first-order valence-corrected chi connectivity index (χ1v) is 18.9. The fourth-order valence-corrected chi connectivity index (χ4v) is 6.42. The molecule has 2 nitrogen and oxygen atoms in total. The zero-order valence-corrected chi connectivity index (χ0v) is 29.2. The lowest BCUT2D eigenvalue weighted by molar-refractivity contribution is 0.0922. The molecule has 3 rings (SSSR count). The first-order valence-electron chi connectivity index (χ1n) is 18.9. The van der Waals surface area contributed by atoms with Crippen LogP contribution in [0, 0.1) is 5.92 Å². The molecule has 0 radical (unpaired) electrons. The highest BCUT2D eigenvalue weighted by Crippen LogP contribution is 2.24. The van der Waals surface area contributed by atoms with Gasteiger partial charge in [-0.2, -0.15) is 0 Å². The van der Waals surface area contributed by atoms with Crippen LogP contribution in [-0.2, 0) is 12.8 Å². The maximum absolute atomic E-state index is 12.8. The second-order valence-corrected chi connectivity index (χ2v) is 13.6. The highest BCUT2D eigenvalue weighted by Gasteiger charge is 2.14. The third kappa shape index (κ3) is 15.0. The molecular formula is C43H64O2. The minimum atomic E-state index is 0.111. The van der Waals surface area contributed by atoms with Crippen LogP contribution >= 0.6 is 0 Å². The number of ether oxygens (including phenoxy) is 1. The second kappa shape index (κ2) is 22.8. The lowest BCUT2D eigenvalue weighted by atomic mass is 9.93. The number of carbonyl (C=O) groups is 1. The van der Waals surface area contributed by atoms with Gasteiger partial charge in [-0.1, -0.05) is 178 Å². The molecule has 0 aliphatic carbocycles. The average Bonchev–Trinajstić information content (AvgIpc) is 3.07. The summed E-state index contributed by atoms with van der Waals surface area (Å²) in [4.78, 5) is 12.8. The molecule has 0 aliphatic rings. The molecule has 3 aromatic carbocycles. The van der Waals surface area contributed by atoms with Gasteiger partial charge < -0.3 is 4.74 Å². The molecule has 0 amide bonds. The van der Waals surface area contributed by atoms with Gasteiger partial charge in [0.15, 0.2) is 5.78 Å². The number of unbranched alkanes of at least 4 members (excludes halogenated alkanes) is 16. The average molecular weight is 613 g/mol. The van der Waals surface area contributed by atoms with Crippen LogP contribution in [0.5, 0.6) is 5.75 Å². The minimum Gasteiger partial charge on any atom is -0.494 e. The maximum Gasteiger partial charge on any atom is 0.165 e. The van der Waals surface area contributed by atoms with E-state index < -0.39 is 0 Å². The number of hydrogen-bond donors (Lipinski definition) is 0. The van der Waals surface area contributed by atoms with Crippen LogP contribution in [0.15, 0.2) is 60.7 Å². The van der Waals surface area contributed by atoms with Crippen molar-refractivity contribution < 1.29 is 9.53 Å². The van der Waals surface area contributed by atoms with Crippen molar-refractivity contribution in [2.24, 2.45) is 5.92 Å². The number of ketones is 1. The van der Waals surface area contributed by atoms with Crippen molar-refractivity contribution >= 4 is 16.6 Å². The quantitative estimate of drug-likeness (QED) is 0.0666. The van der Waals surface area contributed by atoms with E-state index in [1.54, 1.807) is 0 Å². The summed E-state index contributed by atoms with van der Waals surface area (Å²) in [6.45, 7) is 7.41. The van der Waals surface area contributed by atoms with E-state index in [1.165, 1.54) is 125 Å². The number of carbonyl (C=O) groups excluding carboxylic acids is 1. The number of rotatable bonds is 26. The van der Waals surface area contributed by atoms with E-state index in [9.17, 15) is 4.79 Å². The summed E-state index contributed by atoms with van der Waals surface area (Å²) in [6.07, 6.45) is 27.2. The van der Waals surface area contributed by atoms with Crippen LogP contribution in [-0.4, -0.2) is 12.4 Å². The molecule has 0 heterocycles. The molecule has 0 aromatic heterocycles. The van der Waals surface area contributed by atoms with Crippen molar-refractivity contribution in [1.82, 2.24) is 0 Å². The molecule has 0 saturated carbocycles. The van der Waals surface area contributed by atoms with Crippen molar-refractivity contribution in [3.8, 4) is 5.75 Å². The fraction of sp³-hybridized carbons (Fsp3) is 0.605. The monoisotopic (exact) mass is 612 g/mol. The maximum atomic E-state index is 12.8. The summed E-state index contributed by atoms with van der Waals surface area (Å²) < 4.78 is 6.10. The van der Waals surface area contributed by atoms with Gasteiger partial charge in [0.05, 0.1) is 6.61 Å². The smallest absolute Gasteiger partial charge is 0.165 e. The molecule has 2 heteroatoms. The largest absolute Gasteiger partial charge is 0.494 e. The summed E-state index contributed by atoms with van der Waals surface area (Å²) in [5.41, 5.74) is 3.49. The Labute approximate surface area is 276 Å². The normalized spacial score (nSPS) is 12.1. The zero-order chi connectivity index (χ0) is 32.0. The summed E-state index contributed by atoms with van der Waals surface area (Å²) in [5, 5.41) is 2.51. The molecule has 0 bridgehead atoms. The molecule has 0 saturated heterocycles. The first-order chi connectivity index (χ1) is 22.1. The van der Waals surface area contributed by atoms with E-state index in [0.29, 0.717) is 0 Å². The molecule has 248 valence electrons. The van der Waals surface area contributed by atoms with Crippen molar-refractivity contribution in [1.29, 1.82) is 0 Å². The molecule has 0 aliphatic heterocycles. The van der Waals surface area contributed by atoms with E-state index in [1.807, 2.05) is 12.1 Å². The second-order valence-electron chi connectivity index (χ2n) is 13.6. The number of aryl methyl sites for hydroxylation is 2. The third-order valence-corrected chi connectivity index (χ3v) is 9.52. The SMILES string of the molecule is CCCCCCCCCCCCCCCCOc1ccc2cc(CCc3ccc(C(=O)[C@H](C)CCCCCC)cc3)ccc2c1. The van der Waals surface area contributed by atoms with Crippen molar-refractivity contribution in [2.45, 2.75) is 156 Å². The predicted molar refractivity (Wildman–Crippen MR) is 196 cm³/mol. The van der Waals surface area contributed by atoms with E-state index in [-0.39, 0.29) is 11.7 Å². The van der Waals surface area contributed by atoms with Gasteiger partial charge in [-0.3, -0.25) is 4.79 Å². The van der Waals surface area contributed by atoms with Gasteiger partial charge in [-0.25, -0.2) is 0 Å². The van der Waals surface area contributed by atoms with Gasteiger partial charge in [-0.15, -0.1) is 0 Å². The Morgan fingerprint density at radius 3 is 1.67 bits per heavy atom. The number of Topliss-reactive ketones (excluding diaryl/α,β-unsaturated/α-hetero) is 1. The van der Waals surface area contributed by atoms with Crippen LogP contribution in [0.3, 0.4) is 0 Å². The third-order valence-electron chi connectivity index (χ3n) is 9.52. The fourth-order valence-electron chi connectivity index (χ4n) is 6.42. The zero-order valence-electron chi connectivity index (χ0n) is 29.2. The molecular weight excluding hydrogens is 548 g/mol. The van der Waals surface area contributed by atoms with Gasteiger partial charge in [0, 0.05) is 11.5 Å². The van der Waals surface area contributed by atoms with Crippen LogP contribution in [0.2, 0.25) is 0 Å². The summed E-state index contributed by atoms with van der Waals surface area (Å²) in [7, 11) is 0. The Balaban J connectivity index is 1.28. The molecule has 0 fully saturated rings. The first kappa shape index (κ1) is 36.9. The number of benzene rings is 3. The molecule has 1 atom stereocenters. The highest BCUT2D eigenvalue weighted by molar-refractivity contribution is 5.97. The van der Waals surface area contributed by atoms with E-state index in [2.05, 4.69) is 69.3 Å². The Morgan fingerprint density at radius 2 is 1.04 bits per heavy atom. The Morgan fingerprint density at radius 1 is 0.556 bits per heavy atom. The van der Waals surface area contributed by atoms with Gasteiger partial charge >= 0.3 is 0 Å². The highest BCUT2D eigenvalue weighted by atomic mass is 16.5. The Kier molecular flexibility index (Phi) is 18.7. The van der Waals surface area contributed by atoms with Crippen LogP contribution < -0.4 is 4.74 Å². The van der Waals surface area contributed by atoms with Crippen molar-refractivity contribution in [3.05, 3.63) is 77.4 Å². The number of hydrogen-bond acceptors (Lipinski definition) is 2. The van der Waals surface area contributed by atoms with Crippen molar-refractivity contribution in [2.75, 3.05) is 6.61 Å². The molecule has 0 unspecified atom stereocenters. The van der Waals surface area contributed by atoms with Crippen LogP contribution in [0.4, 0.5) is 0 Å². The summed E-state index contributed by atoms with van der Waals surface area (Å²) in [5.74, 6) is 1.38. The predicted octanol–water partition coefficient (Wildman–Crippen LogP) is 13.3. The molecule has 0 spiro atoms. The Hall–Kier alpha value is -2.61. The van der Waals surface area contributed by atoms with Gasteiger partial charge in [0.25, 0.3) is 0 Å². The molecule has 3 aromatic rings. The van der Waals surface area contributed by atoms with Crippen molar-refractivity contribution in [3.63, 3.8) is 0 Å². The lowest BCUT2D eigenvalue weighted by Gasteiger charge is -2.11. The molecule has 45 heavy (non-hydrogen) atoms. The minimum absolute atomic E-state index is 0.111. The topological polar surface area (TPSA) is 26.3 Å². The Bertz CT molecular complexity index is 1190. The van der Waals surface area contributed by atoms with Crippen LogP contribution in [0.1, 0.15) is 164 Å². The summed E-state index contributed by atoms with van der Waals surface area (Å²) >= 11 is 0. The molecule has 0 N–H and O–H groups in total. The van der Waals surface area contributed by atoms with Gasteiger partial charge in [0.1, 0.15) is 5.75 Å². The summed E-state index contributed by atoms with van der Waals surface area (Å²) in [6, 6.07) is 21.6. The lowest BCUT2D eigenvalue weighted by Crippen LogP contribution is -2.11. The van der Waals surface area contributed by atoms with Gasteiger partial charge in [-0.05, 0) is 59.7 Å². The van der Waals surface area contributed by atoms with E-state index in [0.717, 1.165) is 50.0 Å². The van der Waals surface area contributed by atoms with Gasteiger partial charge in [0.2, 0.25) is 0 Å². The van der Waals surface area contributed by atoms with E-state index >= 15 is 0 Å². The van der Waals surface area contributed by atoms with E-state index in [4.69, 9.17) is 4.74 Å².